The number of aromatic nitrogens is 3. The van der Waals surface area contributed by atoms with Crippen LogP contribution in [0.4, 0.5) is 0 Å². The number of amides is 1. The number of hydrogen-bond donors (Lipinski definition) is 0. The maximum Gasteiger partial charge on any atom is 0.242 e. The fourth-order valence-corrected chi connectivity index (χ4v) is 7.74. The molecular weight excluding hydrogens is 596 g/mol. The van der Waals surface area contributed by atoms with E-state index in [1.54, 1.807) is 12.5 Å². The molecule has 2 aromatic carbocycles. The van der Waals surface area contributed by atoms with E-state index in [1.165, 1.54) is 10.6 Å². The van der Waals surface area contributed by atoms with Crippen molar-refractivity contribution >= 4 is 27.5 Å². The van der Waals surface area contributed by atoms with Crippen LogP contribution >= 0.6 is 11.6 Å². The van der Waals surface area contributed by atoms with Crippen molar-refractivity contribution in [2.24, 2.45) is 0 Å². The van der Waals surface area contributed by atoms with Gasteiger partial charge in [0.2, 0.25) is 15.9 Å². The van der Waals surface area contributed by atoms with Crippen LogP contribution in [0.2, 0.25) is 5.02 Å². The second kappa shape index (κ2) is 13.2. The van der Waals surface area contributed by atoms with Crippen molar-refractivity contribution in [3.63, 3.8) is 0 Å². The van der Waals surface area contributed by atoms with Crippen LogP contribution in [-0.4, -0.2) is 81.4 Å². The summed E-state index contributed by atoms with van der Waals surface area (Å²) in [6, 6.07) is 18.8. The van der Waals surface area contributed by atoms with Crippen molar-refractivity contribution in [3.05, 3.63) is 119 Å². The Morgan fingerprint density at radius 1 is 1.02 bits per heavy atom. The van der Waals surface area contributed by atoms with Crippen LogP contribution in [0.15, 0.2) is 85.6 Å². The van der Waals surface area contributed by atoms with Gasteiger partial charge in [-0.3, -0.25) is 14.7 Å². The fraction of sp³-hybridized carbons (Fsp3) is 0.364. The number of piperazine rings is 1. The number of carbonyl (C=O) groups is 1. The predicted molar refractivity (Wildman–Crippen MR) is 171 cm³/mol. The molecule has 4 aromatic rings. The summed E-state index contributed by atoms with van der Waals surface area (Å²) in [5, 5.41) is 0.684. The summed E-state index contributed by atoms with van der Waals surface area (Å²) in [6.07, 6.45) is 10.8. The lowest BCUT2D eigenvalue weighted by molar-refractivity contribution is -0.138. The molecule has 11 heteroatoms. The van der Waals surface area contributed by atoms with Crippen LogP contribution in [-0.2, 0) is 40.7 Å². The van der Waals surface area contributed by atoms with Gasteiger partial charge in [-0.15, -0.1) is 0 Å². The van der Waals surface area contributed by atoms with E-state index in [2.05, 4.69) is 22.0 Å². The molecular formula is C33H37ClN6O3S. The molecule has 0 radical (unpaired) electrons. The third-order valence-electron chi connectivity index (χ3n) is 8.62. The molecule has 0 N–H and O–H groups in total. The van der Waals surface area contributed by atoms with Gasteiger partial charge >= 0.3 is 0 Å². The largest absolute Gasteiger partial charge is 0.337 e. The molecule has 1 aliphatic heterocycles. The van der Waals surface area contributed by atoms with Crippen molar-refractivity contribution in [2.75, 3.05) is 32.4 Å². The van der Waals surface area contributed by atoms with E-state index in [-0.39, 0.29) is 25.0 Å². The Hall–Kier alpha value is -3.57. The Balaban J connectivity index is 1.34. The smallest absolute Gasteiger partial charge is 0.242 e. The summed E-state index contributed by atoms with van der Waals surface area (Å²) in [6.45, 7) is 2.52. The highest BCUT2D eigenvalue weighted by Gasteiger charge is 2.43. The lowest BCUT2D eigenvalue weighted by Crippen LogP contribution is -2.61. The Kier molecular flexibility index (Phi) is 9.13. The third-order valence-corrected chi connectivity index (χ3v) is 10.1. The molecule has 0 saturated carbocycles. The highest BCUT2D eigenvalue weighted by molar-refractivity contribution is 7.88. The quantitative estimate of drug-likeness (QED) is 0.275. The van der Waals surface area contributed by atoms with Gasteiger partial charge < -0.3 is 9.47 Å². The van der Waals surface area contributed by atoms with E-state index >= 15 is 0 Å². The van der Waals surface area contributed by atoms with Gasteiger partial charge in [0, 0.05) is 62.9 Å². The average molecular weight is 633 g/mol. The van der Waals surface area contributed by atoms with Crippen molar-refractivity contribution in [3.8, 4) is 0 Å². The second-order valence-corrected chi connectivity index (χ2v) is 13.9. The van der Waals surface area contributed by atoms with Gasteiger partial charge in [0.1, 0.15) is 6.04 Å². The summed E-state index contributed by atoms with van der Waals surface area (Å²) in [5.41, 5.74) is 5.36. The fourth-order valence-electron chi connectivity index (χ4n) is 6.52. The van der Waals surface area contributed by atoms with Crippen LogP contribution in [0.5, 0.6) is 0 Å². The molecule has 2 aliphatic rings. The summed E-state index contributed by atoms with van der Waals surface area (Å²) >= 11 is 6.43. The summed E-state index contributed by atoms with van der Waals surface area (Å²) in [4.78, 5) is 27.5. The molecule has 0 unspecified atom stereocenters. The maximum atomic E-state index is 14.5. The number of hydrogen-bond acceptors (Lipinski definition) is 6. The van der Waals surface area contributed by atoms with E-state index in [4.69, 9.17) is 16.6 Å². The highest BCUT2D eigenvalue weighted by Crippen LogP contribution is 2.38. The number of halogens is 1. The number of pyridine rings is 1. The molecule has 1 fully saturated rings. The Morgan fingerprint density at radius 2 is 1.84 bits per heavy atom. The molecule has 3 heterocycles. The molecule has 9 nitrogen and oxygen atoms in total. The SMILES string of the molecule is CS(=O)(=O)N1CCN([C@@H]2c3ccc(Cl)cc3CCc3cccnc32)C[C@@H]1C(=O)N(CCCn1ccnc1)Cc1ccccc1. The zero-order chi connectivity index (χ0) is 30.7. The van der Waals surface area contributed by atoms with Gasteiger partial charge in [0.25, 0.3) is 0 Å². The lowest BCUT2D eigenvalue weighted by atomic mass is 9.95. The Morgan fingerprint density at radius 3 is 2.61 bits per heavy atom. The highest BCUT2D eigenvalue weighted by atomic mass is 35.5. The molecule has 2 aromatic heterocycles. The zero-order valence-electron chi connectivity index (χ0n) is 24.8. The minimum Gasteiger partial charge on any atom is -0.337 e. The lowest BCUT2D eigenvalue weighted by Gasteiger charge is -2.44. The molecule has 2 atom stereocenters. The van der Waals surface area contributed by atoms with Gasteiger partial charge in [-0.25, -0.2) is 13.4 Å². The first kappa shape index (κ1) is 30.5. The van der Waals surface area contributed by atoms with Crippen LogP contribution in [0.3, 0.4) is 0 Å². The first-order valence-electron chi connectivity index (χ1n) is 15.0. The van der Waals surface area contributed by atoms with Crippen molar-refractivity contribution in [1.29, 1.82) is 0 Å². The normalized spacial score (nSPS) is 19.1. The van der Waals surface area contributed by atoms with Crippen LogP contribution in [0.25, 0.3) is 0 Å². The number of rotatable bonds is 9. The summed E-state index contributed by atoms with van der Waals surface area (Å²) in [7, 11) is -3.66. The second-order valence-electron chi connectivity index (χ2n) is 11.6. The molecule has 1 saturated heterocycles. The number of benzene rings is 2. The molecule has 44 heavy (non-hydrogen) atoms. The number of sulfonamides is 1. The first-order valence-corrected chi connectivity index (χ1v) is 17.2. The standard InChI is InChI=1S/C33H37ClN6O3S/c1-44(42,43)40-20-19-38(32-29-13-12-28(34)21-27(29)11-10-26-9-5-14-36-31(26)32)23-30(40)33(41)39(22-25-7-3-2-4-8-25)17-6-16-37-18-15-35-24-37/h2-5,7-9,12-15,18,21,24,30,32H,6,10-11,16-17,19-20,22-23H2,1H3/t30-,32-/m1/s1. The number of imidazole rings is 1. The molecule has 6 rings (SSSR count). The predicted octanol–water partition coefficient (Wildman–Crippen LogP) is 4.18. The van der Waals surface area contributed by atoms with Crippen molar-refractivity contribution in [2.45, 2.75) is 44.4 Å². The van der Waals surface area contributed by atoms with Gasteiger partial charge in [-0.1, -0.05) is 54.1 Å². The van der Waals surface area contributed by atoms with E-state index in [9.17, 15) is 13.2 Å². The van der Waals surface area contributed by atoms with Crippen LogP contribution in [0, 0.1) is 0 Å². The monoisotopic (exact) mass is 632 g/mol. The maximum absolute atomic E-state index is 14.5. The van der Waals surface area contributed by atoms with Gasteiger partial charge in [-0.2, -0.15) is 4.31 Å². The minimum atomic E-state index is -3.66. The van der Waals surface area contributed by atoms with E-state index in [1.807, 2.05) is 70.4 Å². The minimum absolute atomic E-state index is 0.194. The van der Waals surface area contributed by atoms with E-state index in [0.717, 1.165) is 40.8 Å². The van der Waals surface area contributed by atoms with Gasteiger partial charge in [-0.05, 0) is 59.7 Å². The van der Waals surface area contributed by atoms with Gasteiger partial charge in [0.15, 0.2) is 0 Å². The zero-order valence-corrected chi connectivity index (χ0v) is 26.4. The number of aryl methyl sites for hydroxylation is 3. The van der Waals surface area contributed by atoms with E-state index < -0.39 is 16.1 Å². The summed E-state index contributed by atoms with van der Waals surface area (Å²) in [5.74, 6) is -0.194. The Labute approximate surface area is 264 Å². The third kappa shape index (κ3) is 6.73. The van der Waals surface area contributed by atoms with Crippen molar-refractivity contribution in [1.82, 2.24) is 28.6 Å². The molecule has 230 valence electrons. The number of nitrogens with zero attached hydrogens (tertiary/aromatic N) is 6. The molecule has 0 bridgehead atoms. The average Bonchev–Trinajstić information content (AvgIpc) is 3.48. The number of carbonyl (C=O) groups excluding carboxylic acids is 1. The first-order chi connectivity index (χ1) is 21.3. The molecule has 1 amide bonds. The Bertz CT molecular complexity index is 1700. The summed E-state index contributed by atoms with van der Waals surface area (Å²) < 4.78 is 29.6. The number of fused-ring (bicyclic) bond motifs is 2. The van der Waals surface area contributed by atoms with Crippen molar-refractivity contribution < 1.29 is 13.2 Å². The van der Waals surface area contributed by atoms with Crippen LogP contribution < -0.4 is 0 Å². The topological polar surface area (TPSA) is 91.6 Å². The van der Waals surface area contributed by atoms with E-state index in [0.29, 0.717) is 37.6 Å². The van der Waals surface area contributed by atoms with Crippen LogP contribution in [0.1, 0.15) is 40.4 Å². The molecule has 1 aliphatic carbocycles. The van der Waals surface area contributed by atoms with Gasteiger partial charge in [0.05, 0.1) is 24.3 Å². The molecule has 0 spiro atoms.